The van der Waals surface area contributed by atoms with Gasteiger partial charge in [-0.1, -0.05) is 0 Å². The van der Waals surface area contributed by atoms with Gasteiger partial charge in [-0.15, -0.1) is 0 Å². The first-order chi connectivity index (χ1) is 12.7. The summed E-state index contributed by atoms with van der Waals surface area (Å²) in [6.07, 6.45) is 0. The predicted molar refractivity (Wildman–Crippen MR) is 101 cm³/mol. The molecule has 0 amide bonds. The first kappa shape index (κ1) is 18.5. The molecule has 0 aromatic heterocycles. The Morgan fingerprint density at radius 2 is 1.27 bits per heavy atom. The molecule has 5 nitrogen and oxygen atoms in total. The fourth-order valence-electron chi connectivity index (χ4n) is 3.61. The summed E-state index contributed by atoms with van der Waals surface area (Å²) in [5.74, 6) is 2.69. The lowest BCUT2D eigenvalue weighted by Crippen LogP contribution is -3.27. The summed E-state index contributed by atoms with van der Waals surface area (Å²) in [7, 11) is 5.12. The van der Waals surface area contributed by atoms with E-state index in [-0.39, 0.29) is 0 Å². The van der Waals surface area contributed by atoms with Crippen LogP contribution in [-0.2, 0) is 13.1 Å². The maximum absolute atomic E-state index is 5.54. The van der Waals surface area contributed by atoms with E-state index in [1.165, 1.54) is 37.3 Å². The van der Waals surface area contributed by atoms with Crippen molar-refractivity contribution in [2.75, 3.05) is 47.5 Å². The molecule has 1 aliphatic rings. The fraction of sp³-hybridized carbons (Fsp3) is 0.429. The molecule has 1 heterocycles. The molecule has 0 radical (unpaired) electrons. The van der Waals surface area contributed by atoms with Gasteiger partial charge in [-0.25, -0.2) is 0 Å². The molecular weight excluding hydrogens is 328 g/mol. The second kappa shape index (κ2) is 8.92. The molecule has 0 atom stereocenters. The molecule has 0 bridgehead atoms. The normalized spacial score (nSPS) is 19.8. The molecule has 2 aromatic rings. The molecule has 0 saturated carbocycles. The van der Waals surface area contributed by atoms with Crippen LogP contribution < -0.4 is 24.0 Å². The van der Waals surface area contributed by atoms with Crippen LogP contribution in [0.4, 0.5) is 0 Å². The van der Waals surface area contributed by atoms with Crippen molar-refractivity contribution >= 4 is 0 Å². The first-order valence-corrected chi connectivity index (χ1v) is 9.22. The Bertz CT molecular complexity index is 695. The van der Waals surface area contributed by atoms with E-state index in [4.69, 9.17) is 14.2 Å². The summed E-state index contributed by atoms with van der Waals surface area (Å²) < 4.78 is 16.1. The lowest BCUT2D eigenvalue weighted by Gasteiger charge is -2.30. The van der Waals surface area contributed by atoms with Crippen LogP contribution in [0.1, 0.15) is 11.1 Å². The summed E-state index contributed by atoms with van der Waals surface area (Å²) in [5, 5.41) is 0. The quantitative estimate of drug-likeness (QED) is 0.742. The van der Waals surface area contributed by atoms with Gasteiger partial charge in [-0.3, -0.25) is 0 Å². The van der Waals surface area contributed by atoms with Crippen LogP contribution in [0.15, 0.2) is 42.5 Å². The van der Waals surface area contributed by atoms with Gasteiger partial charge in [0, 0.05) is 17.2 Å². The average molecular weight is 358 g/mol. The van der Waals surface area contributed by atoms with Crippen LogP contribution in [0.3, 0.4) is 0 Å². The third-order valence-electron chi connectivity index (χ3n) is 5.21. The van der Waals surface area contributed by atoms with Crippen molar-refractivity contribution < 1.29 is 24.0 Å². The lowest BCUT2D eigenvalue weighted by atomic mass is 10.1. The summed E-state index contributed by atoms with van der Waals surface area (Å²) in [5.41, 5.74) is 2.63. The number of ether oxygens (including phenoxy) is 3. The number of hydrogen-bond donors (Lipinski definition) is 2. The molecule has 1 saturated heterocycles. The van der Waals surface area contributed by atoms with E-state index < -0.39 is 0 Å². The summed E-state index contributed by atoms with van der Waals surface area (Å²) in [6.45, 7) is 6.84. The SMILES string of the molecule is COc1ccc(C[NH+]2CC[NH+](Cc3ccc(OC)cc3OC)CC2)cc1. The highest BCUT2D eigenvalue weighted by Gasteiger charge is 2.24. The molecule has 140 valence electrons. The van der Waals surface area contributed by atoms with Crippen molar-refractivity contribution in [3.8, 4) is 17.2 Å². The van der Waals surface area contributed by atoms with Crippen LogP contribution in [-0.4, -0.2) is 47.5 Å². The van der Waals surface area contributed by atoms with Gasteiger partial charge in [0.05, 0.1) is 21.3 Å². The Morgan fingerprint density at radius 3 is 1.85 bits per heavy atom. The van der Waals surface area contributed by atoms with E-state index in [1.807, 2.05) is 24.3 Å². The average Bonchev–Trinajstić information content (AvgIpc) is 2.70. The topological polar surface area (TPSA) is 36.6 Å². The number of hydrogen-bond acceptors (Lipinski definition) is 3. The molecule has 0 spiro atoms. The summed E-state index contributed by atoms with van der Waals surface area (Å²) in [4.78, 5) is 3.27. The smallest absolute Gasteiger partial charge is 0.131 e. The van der Waals surface area contributed by atoms with Gasteiger partial charge in [-0.2, -0.15) is 0 Å². The van der Waals surface area contributed by atoms with Crippen LogP contribution in [0.5, 0.6) is 17.2 Å². The van der Waals surface area contributed by atoms with Crippen LogP contribution in [0.2, 0.25) is 0 Å². The van der Waals surface area contributed by atoms with E-state index in [0.29, 0.717) is 0 Å². The van der Waals surface area contributed by atoms with Crippen LogP contribution >= 0.6 is 0 Å². The van der Waals surface area contributed by atoms with E-state index >= 15 is 0 Å². The second-order valence-corrected chi connectivity index (χ2v) is 6.88. The Morgan fingerprint density at radius 1 is 0.692 bits per heavy atom. The standard InChI is InChI=1S/C21H28N2O3/c1-24-19-7-4-17(5-8-19)15-22-10-12-23(13-11-22)16-18-6-9-20(25-2)14-21(18)26-3/h4-9,14H,10-13,15-16H2,1-3H3/p+2. The van der Waals surface area contributed by atoms with Gasteiger partial charge in [-0.05, 0) is 36.4 Å². The molecule has 2 aromatic carbocycles. The van der Waals surface area contributed by atoms with Gasteiger partial charge in [0.25, 0.3) is 0 Å². The molecular formula is C21H30N2O3+2. The van der Waals surface area contributed by atoms with Crippen molar-refractivity contribution in [1.29, 1.82) is 0 Å². The number of nitrogens with one attached hydrogen (secondary N) is 2. The molecule has 0 aliphatic carbocycles. The maximum atomic E-state index is 5.54. The number of rotatable bonds is 7. The zero-order valence-electron chi connectivity index (χ0n) is 16.0. The van der Waals surface area contributed by atoms with Gasteiger partial charge in [0.1, 0.15) is 56.5 Å². The Labute approximate surface area is 156 Å². The van der Waals surface area contributed by atoms with Gasteiger partial charge in [0.15, 0.2) is 0 Å². The number of benzene rings is 2. The maximum Gasteiger partial charge on any atom is 0.131 e. The minimum absolute atomic E-state index is 0.842. The minimum atomic E-state index is 0.842. The summed E-state index contributed by atoms with van der Waals surface area (Å²) in [6, 6.07) is 14.6. The molecule has 5 heteroatoms. The minimum Gasteiger partial charge on any atom is -0.497 e. The van der Waals surface area contributed by atoms with E-state index in [9.17, 15) is 0 Å². The highest BCUT2D eigenvalue weighted by atomic mass is 16.5. The van der Waals surface area contributed by atoms with Gasteiger partial charge >= 0.3 is 0 Å². The van der Waals surface area contributed by atoms with Crippen molar-refractivity contribution in [3.63, 3.8) is 0 Å². The van der Waals surface area contributed by atoms with Gasteiger partial charge < -0.3 is 24.0 Å². The zero-order valence-corrected chi connectivity index (χ0v) is 16.0. The highest BCUT2D eigenvalue weighted by molar-refractivity contribution is 5.40. The third-order valence-corrected chi connectivity index (χ3v) is 5.21. The molecule has 1 fully saturated rings. The first-order valence-electron chi connectivity index (χ1n) is 9.22. The highest BCUT2D eigenvalue weighted by Crippen LogP contribution is 2.23. The zero-order chi connectivity index (χ0) is 18.4. The number of methoxy groups -OCH3 is 3. The molecule has 2 N–H and O–H groups in total. The molecule has 0 unspecified atom stereocenters. The van der Waals surface area contributed by atoms with Crippen molar-refractivity contribution in [2.24, 2.45) is 0 Å². The monoisotopic (exact) mass is 358 g/mol. The Balaban J connectivity index is 1.52. The van der Waals surface area contributed by atoms with E-state index in [2.05, 4.69) is 18.2 Å². The number of piperazine rings is 1. The van der Waals surface area contributed by atoms with Crippen molar-refractivity contribution in [2.45, 2.75) is 13.1 Å². The number of quaternary nitrogens is 2. The van der Waals surface area contributed by atoms with E-state index in [1.54, 1.807) is 31.1 Å². The predicted octanol–water partition coefficient (Wildman–Crippen LogP) is 0.196. The fourth-order valence-corrected chi connectivity index (χ4v) is 3.61. The lowest BCUT2D eigenvalue weighted by molar-refractivity contribution is -1.02. The van der Waals surface area contributed by atoms with Crippen LogP contribution in [0, 0.1) is 0 Å². The molecule has 26 heavy (non-hydrogen) atoms. The molecule has 1 aliphatic heterocycles. The van der Waals surface area contributed by atoms with Crippen LogP contribution in [0.25, 0.3) is 0 Å². The Hall–Kier alpha value is -2.24. The third kappa shape index (κ3) is 4.68. The largest absolute Gasteiger partial charge is 0.497 e. The Kier molecular flexibility index (Phi) is 6.36. The molecule has 3 rings (SSSR count). The van der Waals surface area contributed by atoms with Gasteiger partial charge in [0.2, 0.25) is 0 Å². The second-order valence-electron chi connectivity index (χ2n) is 6.88. The van der Waals surface area contributed by atoms with Crippen molar-refractivity contribution in [3.05, 3.63) is 53.6 Å². The van der Waals surface area contributed by atoms with E-state index in [0.717, 1.165) is 30.3 Å². The van der Waals surface area contributed by atoms with Crippen molar-refractivity contribution in [1.82, 2.24) is 0 Å². The summed E-state index contributed by atoms with van der Waals surface area (Å²) >= 11 is 0.